The number of piperidine rings is 1. The average molecular weight is 413 g/mol. The molecule has 0 N–H and O–H groups in total. The number of non-ortho nitro benzene ring substituents is 1. The average Bonchev–Trinajstić information content (AvgIpc) is 2.74. The predicted octanol–water partition coefficient (Wildman–Crippen LogP) is 3.88. The van der Waals surface area contributed by atoms with Crippen molar-refractivity contribution in [1.29, 1.82) is 0 Å². The van der Waals surface area contributed by atoms with E-state index >= 15 is 0 Å². The molecule has 2 aromatic carbocycles. The lowest BCUT2D eigenvalue weighted by Gasteiger charge is -2.32. The number of amides is 1. The van der Waals surface area contributed by atoms with E-state index in [0.717, 1.165) is 11.0 Å². The van der Waals surface area contributed by atoms with Crippen molar-refractivity contribution in [2.75, 3.05) is 13.1 Å². The number of nitro benzene ring substituents is 1. The summed E-state index contributed by atoms with van der Waals surface area (Å²) in [7, 11) is 0. The number of fused-ring (bicyclic) bond motifs is 1. The molecule has 1 saturated heterocycles. The Morgan fingerprint density at radius 1 is 1.17 bits per heavy atom. The Kier molecular flexibility index (Phi) is 5.26. The van der Waals surface area contributed by atoms with E-state index in [1.807, 2.05) is 24.3 Å². The third kappa shape index (κ3) is 4.12. The van der Waals surface area contributed by atoms with E-state index in [2.05, 4.69) is 9.97 Å². The molecule has 1 aliphatic rings. The molecular weight excluding hydrogens is 396 g/mol. The number of hydrogen-bond acceptors (Lipinski definition) is 6. The van der Waals surface area contributed by atoms with Crippen LogP contribution in [-0.4, -0.2) is 44.9 Å². The molecule has 0 bridgehead atoms. The number of carbonyl (C=O) groups is 1. The first-order valence-corrected chi connectivity index (χ1v) is 9.51. The van der Waals surface area contributed by atoms with Crippen LogP contribution in [0.2, 0.25) is 5.02 Å². The van der Waals surface area contributed by atoms with E-state index in [1.54, 1.807) is 11.1 Å². The number of para-hydroxylation sites is 2. The summed E-state index contributed by atoms with van der Waals surface area (Å²) in [4.78, 5) is 33.6. The van der Waals surface area contributed by atoms with E-state index in [4.69, 9.17) is 16.3 Å². The smallest absolute Gasteiger partial charge is 0.270 e. The van der Waals surface area contributed by atoms with Crippen molar-refractivity contribution in [2.24, 2.45) is 0 Å². The largest absolute Gasteiger partial charge is 0.473 e. The highest BCUT2D eigenvalue weighted by Gasteiger charge is 2.27. The van der Waals surface area contributed by atoms with E-state index in [-0.39, 0.29) is 28.3 Å². The summed E-state index contributed by atoms with van der Waals surface area (Å²) in [5, 5.41) is 11.2. The maximum absolute atomic E-state index is 12.8. The summed E-state index contributed by atoms with van der Waals surface area (Å²) in [5.41, 5.74) is 1.54. The number of nitro groups is 1. The van der Waals surface area contributed by atoms with Crippen LogP contribution in [-0.2, 0) is 0 Å². The Balaban J connectivity index is 1.40. The zero-order valence-electron chi connectivity index (χ0n) is 15.3. The van der Waals surface area contributed by atoms with Crippen molar-refractivity contribution in [2.45, 2.75) is 18.9 Å². The fourth-order valence-corrected chi connectivity index (χ4v) is 3.50. The number of ether oxygens (including phenoxy) is 1. The number of nitrogens with zero attached hydrogens (tertiary/aromatic N) is 4. The summed E-state index contributed by atoms with van der Waals surface area (Å²) in [6.45, 7) is 0.924. The van der Waals surface area contributed by atoms with Gasteiger partial charge in [0.2, 0.25) is 5.88 Å². The predicted molar refractivity (Wildman–Crippen MR) is 107 cm³/mol. The zero-order chi connectivity index (χ0) is 20.4. The van der Waals surface area contributed by atoms with Crippen molar-refractivity contribution in [3.05, 3.63) is 69.4 Å². The van der Waals surface area contributed by atoms with Crippen LogP contribution in [0.4, 0.5) is 5.69 Å². The molecule has 1 amide bonds. The highest BCUT2D eigenvalue weighted by atomic mass is 35.5. The van der Waals surface area contributed by atoms with Gasteiger partial charge in [0.05, 0.1) is 32.7 Å². The molecule has 148 valence electrons. The summed E-state index contributed by atoms with van der Waals surface area (Å²) >= 11 is 6.09. The van der Waals surface area contributed by atoms with Gasteiger partial charge in [-0.05, 0) is 18.2 Å². The molecule has 0 spiro atoms. The molecule has 2 heterocycles. The van der Waals surface area contributed by atoms with E-state index in [0.29, 0.717) is 31.8 Å². The summed E-state index contributed by atoms with van der Waals surface area (Å²) in [5.74, 6) is 0.137. The lowest BCUT2D eigenvalue weighted by molar-refractivity contribution is -0.384. The van der Waals surface area contributed by atoms with Gasteiger partial charge in [-0.2, -0.15) is 0 Å². The number of hydrogen-bond donors (Lipinski definition) is 0. The van der Waals surface area contributed by atoms with Crippen LogP contribution in [0.3, 0.4) is 0 Å². The van der Waals surface area contributed by atoms with Gasteiger partial charge >= 0.3 is 0 Å². The Morgan fingerprint density at radius 2 is 1.90 bits per heavy atom. The molecule has 1 fully saturated rings. The molecule has 3 aromatic rings. The molecule has 1 aromatic heterocycles. The van der Waals surface area contributed by atoms with Crippen LogP contribution in [0.15, 0.2) is 48.7 Å². The normalized spacial score (nSPS) is 14.7. The Labute approximate surface area is 171 Å². The Morgan fingerprint density at radius 3 is 2.62 bits per heavy atom. The van der Waals surface area contributed by atoms with Gasteiger partial charge in [-0.25, -0.2) is 9.97 Å². The number of likely N-dealkylation sites (tertiary alicyclic amines) is 1. The van der Waals surface area contributed by atoms with Crippen molar-refractivity contribution in [3.63, 3.8) is 0 Å². The first-order chi connectivity index (χ1) is 14.0. The van der Waals surface area contributed by atoms with Gasteiger partial charge in [0.1, 0.15) is 6.10 Å². The van der Waals surface area contributed by atoms with Crippen LogP contribution < -0.4 is 4.74 Å². The second-order valence-corrected chi connectivity index (χ2v) is 7.13. The minimum absolute atomic E-state index is 0.0879. The highest BCUT2D eigenvalue weighted by Crippen LogP contribution is 2.25. The summed E-state index contributed by atoms with van der Waals surface area (Å²) in [6, 6.07) is 11.4. The van der Waals surface area contributed by atoms with Crippen molar-refractivity contribution >= 4 is 34.2 Å². The lowest BCUT2D eigenvalue weighted by atomic mass is 10.1. The lowest BCUT2D eigenvalue weighted by Crippen LogP contribution is -2.42. The Hall–Kier alpha value is -3.26. The standard InChI is InChI=1S/C20H17ClN4O4/c21-16-6-5-13(25(27)28)11-15(16)20(26)24-9-7-14(8-10-24)29-19-12-22-17-3-1-2-4-18(17)23-19/h1-6,11-12,14H,7-10H2. The van der Waals surface area contributed by atoms with Crippen molar-refractivity contribution in [1.82, 2.24) is 14.9 Å². The monoisotopic (exact) mass is 412 g/mol. The van der Waals surface area contributed by atoms with Gasteiger partial charge in [0, 0.05) is 38.1 Å². The number of benzene rings is 2. The van der Waals surface area contributed by atoms with Gasteiger partial charge in [0.25, 0.3) is 11.6 Å². The molecule has 8 nitrogen and oxygen atoms in total. The second-order valence-electron chi connectivity index (χ2n) is 6.73. The molecule has 0 unspecified atom stereocenters. The number of rotatable bonds is 4. The molecule has 0 saturated carbocycles. The molecule has 0 atom stereocenters. The van der Waals surface area contributed by atoms with Gasteiger partial charge in [-0.3, -0.25) is 14.9 Å². The SMILES string of the molecule is O=C(c1cc([N+](=O)[O-])ccc1Cl)N1CCC(Oc2cnc3ccccc3n2)CC1. The van der Waals surface area contributed by atoms with Crippen LogP contribution in [0.5, 0.6) is 5.88 Å². The van der Waals surface area contributed by atoms with Gasteiger partial charge in [-0.15, -0.1) is 0 Å². The minimum Gasteiger partial charge on any atom is -0.473 e. The molecule has 4 rings (SSSR count). The third-order valence-corrected chi connectivity index (χ3v) is 5.16. The van der Waals surface area contributed by atoms with Gasteiger partial charge < -0.3 is 9.64 Å². The third-order valence-electron chi connectivity index (χ3n) is 4.83. The first kappa shape index (κ1) is 19.1. The van der Waals surface area contributed by atoms with Gasteiger partial charge in [-0.1, -0.05) is 23.7 Å². The van der Waals surface area contributed by atoms with E-state index < -0.39 is 4.92 Å². The van der Waals surface area contributed by atoms with Gasteiger partial charge in [0.15, 0.2) is 0 Å². The van der Waals surface area contributed by atoms with E-state index in [9.17, 15) is 14.9 Å². The van der Waals surface area contributed by atoms with Crippen molar-refractivity contribution < 1.29 is 14.5 Å². The first-order valence-electron chi connectivity index (χ1n) is 9.13. The Bertz CT molecular complexity index is 1080. The number of carbonyl (C=O) groups excluding carboxylic acids is 1. The molecule has 0 radical (unpaired) electrons. The molecule has 1 aliphatic heterocycles. The maximum atomic E-state index is 12.8. The topological polar surface area (TPSA) is 98.5 Å². The number of halogens is 1. The fraction of sp³-hybridized carbons (Fsp3) is 0.250. The van der Waals surface area contributed by atoms with E-state index in [1.165, 1.54) is 18.2 Å². The minimum atomic E-state index is -0.544. The zero-order valence-corrected chi connectivity index (χ0v) is 16.1. The van der Waals surface area contributed by atoms with Crippen LogP contribution in [0.25, 0.3) is 11.0 Å². The molecular formula is C20H17ClN4O4. The summed E-state index contributed by atoms with van der Waals surface area (Å²) in [6.07, 6.45) is 2.75. The quantitative estimate of drug-likeness (QED) is 0.476. The number of aromatic nitrogens is 2. The van der Waals surface area contributed by atoms with Crippen molar-refractivity contribution in [3.8, 4) is 5.88 Å². The summed E-state index contributed by atoms with van der Waals surface area (Å²) < 4.78 is 5.94. The fourth-order valence-electron chi connectivity index (χ4n) is 3.31. The van der Waals surface area contributed by atoms with Crippen LogP contribution >= 0.6 is 11.6 Å². The molecule has 29 heavy (non-hydrogen) atoms. The molecule has 0 aliphatic carbocycles. The maximum Gasteiger partial charge on any atom is 0.270 e. The second kappa shape index (κ2) is 8.00. The van der Waals surface area contributed by atoms with Crippen LogP contribution in [0.1, 0.15) is 23.2 Å². The molecule has 9 heteroatoms. The van der Waals surface area contributed by atoms with Crippen LogP contribution in [0, 0.1) is 10.1 Å². The highest BCUT2D eigenvalue weighted by molar-refractivity contribution is 6.33.